The number of benzene rings is 1. The Morgan fingerprint density at radius 3 is 2.68 bits per heavy atom. The minimum absolute atomic E-state index is 0.555. The first-order valence-corrected chi connectivity index (χ1v) is 7.20. The Morgan fingerprint density at radius 2 is 1.95 bits per heavy atom. The number of aryl methyl sites for hydroxylation is 1. The topological polar surface area (TPSA) is 17.0 Å². The molecule has 102 valence electrons. The van der Waals surface area contributed by atoms with Crippen molar-refractivity contribution < 1.29 is 0 Å². The van der Waals surface area contributed by atoms with Crippen LogP contribution >= 0.6 is 0 Å². The van der Waals surface area contributed by atoms with Gasteiger partial charge < -0.3 is 9.88 Å². The summed E-state index contributed by atoms with van der Waals surface area (Å²) in [6, 6.07) is 12.9. The molecule has 0 aliphatic carbocycles. The summed E-state index contributed by atoms with van der Waals surface area (Å²) < 4.78 is 2.26. The summed E-state index contributed by atoms with van der Waals surface area (Å²) in [5.41, 5.74) is 2.77. The molecule has 0 amide bonds. The lowest BCUT2D eigenvalue weighted by Crippen LogP contribution is -2.19. The maximum atomic E-state index is 3.54. The van der Waals surface area contributed by atoms with Crippen molar-refractivity contribution in [3.05, 3.63) is 59.9 Å². The third-order valence-electron chi connectivity index (χ3n) is 3.44. The summed E-state index contributed by atoms with van der Waals surface area (Å²) in [6.45, 7) is 7.56. The van der Waals surface area contributed by atoms with E-state index in [0.29, 0.717) is 5.92 Å². The van der Waals surface area contributed by atoms with Crippen LogP contribution in [0.4, 0.5) is 0 Å². The molecule has 2 nitrogen and oxygen atoms in total. The van der Waals surface area contributed by atoms with Crippen LogP contribution in [0.15, 0.2) is 48.8 Å². The average molecular weight is 256 g/mol. The van der Waals surface area contributed by atoms with E-state index in [1.165, 1.54) is 17.5 Å². The SMILES string of the molecule is CCCn1ccc(CNCC(C)c2ccccc2)c1. The first-order valence-electron chi connectivity index (χ1n) is 7.20. The Morgan fingerprint density at radius 1 is 1.16 bits per heavy atom. The van der Waals surface area contributed by atoms with Gasteiger partial charge in [0.25, 0.3) is 0 Å². The van der Waals surface area contributed by atoms with E-state index in [0.717, 1.165) is 19.6 Å². The molecule has 0 saturated heterocycles. The van der Waals surface area contributed by atoms with Gasteiger partial charge in [-0.25, -0.2) is 0 Å². The van der Waals surface area contributed by atoms with Gasteiger partial charge in [-0.1, -0.05) is 44.2 Å². The average Bonchev–Trinajstić information content (AvgIpc) is 2.88. The molecule has 1 aromatic heterocycles. The summed E-state index contributed by atoms with van der Waals surface area (Å²) in [6.07, 6.45) is 5.59. The van der Waals surface area contributed by atoms with Crippen LogP contribution in [0.3, 0.4) is 0 Å². The predicted octanol–water partition coefficient (Wildman–Crippen LogP) is 3.79. The highest BCUT2D eigenvalue weighted by Gasteiger charge is 2.04. The fourth-order valence-corrected chi connectivity index (χ4v) is 2.32. The first-order chi connectivity index (χ1) is 9.29. The molecule has 19 heavy (non-hydrogen) atoms. The van der Waals surface area contributed by atoms with Crippen LogP contribution in [0.5, 0.6) is 0 Å². The standard InChI is InChI=1S/C17H24N2/c1-3-10-19-11-9-16(14-19)13-18-12-15(2)17-7-5-4-6-8-17/h4-9,11,14-15,18H,3,10,12-13H2,1-2H3. The largest absolute Gasteiger partial charge is 0.354 e. The second-order valence-corrected chi connectivity index (χ2v) is 5.20. The third kappa shape index (κ3) is 4.25. The van der Waals surface area contributed by atoms with Gasteiger partial charge in [0.05, 0.1) is 0 Å². The number of hydrogen-bond acceptors (Lipinski definition) is 1. The van der Waals surface area contributed by atoms with Crippen molar-refractivity contribution in [1.82, 2.24) is 9.88 Å². The van der Waals surface area contributed by atoms with E-state index in [2.05, 4.69) is 72.5 Å². The highest BCUT2D eigenvalue weighted by atomic mass is 14.9. The van der Waals surface area contributed by atoms with Crippen LogP contribution in [-0.4, -0.2) is 11.1 Å². The zero-order chi connectivity index (χ0) is 13.5. The summed E-state index contributed by atoms with van der Waals surface area (Å²) in [7, 11) is 0. The molecule has 0 saturated carbocycles. The monoisotopic (exact) mass is 256 g/mol. The molecule has 2 heteroatoms. The van der Waals surface area contributed by atoms with E-state index < -0.39 is 0 Å². The van der Waals surface area contributed by atoms with Gasteiger partial charge in [0.15, 0.2) is 0 Å². The Labute approximate surface area is 116 Å². The first kappa shape index (κ1) is 13.9. The van der Waals surface area contributed by atoms with E-state index in [-0.39, 0.29) is 0 Å². The molecule has 0 spiro atoms. The molecule has 1 heterocycles. The molecular weight excluding hydrogens is 232 g/mol. The molecule has 0 aliphatic heterocycles. The van der Waals surface area contributed by atoms with E-state index in [1.807, 2.05) is 0 Å². The van der Waals surface area contributed by atoms with Crippen LogP contribution in [-0.2, 0) is 13.1 Å². The second kappa shape index (κ2) is 7.15. The van der Waals surface area contributed by atoms with E-state index in [4.69, 9.17) is 0 Å². The fraction of sp³-hybridized carbons (Fsp3) is 0.412. The van der Waals surface area contributed by atoms with E-state index in [1.54, 1.807) is 0 Å². The maximum absolute atomic E-state index is 3.54. The Bertz CT molecular complexity index is 473. The number of rotatable bonds is 7. The van der Waals surface area contributed by atoms with Crippen molar-refractivity contribution in [2.45, 2.75) is 39.3 Å². The zero-order valence-electron chi connectivity index (χ0n) is 12.0. The highest BCUT2D eigenvalue weighted by Crippen LogP contribution is 2.13. The van der Waals surface area contributed by atoms with E-state index >= 15 is 0 Å². The number of hydrogen-bond donors (Lipinski definition) is 1. The van der Waals surface area contributed by atoms with Gasteiger partial charge in [-0.05, 0) is 29.5 Å². The molecule has 2 rings (SSSR count). The molecule has 2 aromatic rings. The van der Waals surface area contributed by atoms with Gasteiger partial charge in [0.2, 0.25) is 0 Å². The molecule has 0 fully saturated rings. The lowest BCUT2D eigenvalue weighted by Gasteiger charge is -2.12. The van der Waals surface area contributed by atoms with Gasteiger partial charge in [0.1, 0.15) is 0 Å². The molecular formula is C17H24N2. The van der Waals surface area contributed by atoms with Gasteiger partial charge in [0, 0.05) is 32.0 Å². The maximum Gasteiger partial charge on any atom is 0.0220 e. The summed E-state index contributed by atoms with van der Waals surface area (Å²) >= 11 is 0. The molecule has 1 N–H and O–H groups in total. The number of aromatic nitrogens is 1. The second-order valence-electron chi connectivity index (χ2n) is 5.20. The molecule has 0 bridgehead atoms. The van der Waals surface area contributed by atoms with Crippen LogP contribution in [0.1, 0.15) is 37.3 Å². The van der Waals surface area contributed by atoms with Gasteiger partial charge in [-0.2, -0.15) is 0 Å². The van der Waals surface area contributed by atoms with Gasteiger partial charge in [-0.3, -0.25) is 0 Å². The lowest BCUT2D eigenvalue weighted by molar-refractivity contribution is 0.612. The molecule has 1 atom stereocenters. The van der Waals surface area contributed by atoms with E-state index in [9.17, 15) is 0 Å². The van der Waals surface area contributed by atoms with Crippen LogP contribution in [0.2, 0.25) is 0 Å². The molecule has 0 radical (unpaired) electrons. The minimum atomic E-state index is 0.555. The van der Waals surface area contributed by atoms with Crippen molar-refractivity contribution in [1.29, 1.82) is 0 Å². The number of nitrogens with one attached hydrogen (secondary N) is 1. The van der Waals surface area contributed by atoms with Crippen molar-refractivity contribution >= 4 is 0 Å². The summed E-state index contributed by atoms with van der Waals surface area (Å²) in [4.78, 5) is 0. The molecule has 1 unspecified atom stereocenters. The van der Waals surface area contributed by atoms with Crippen LogP contribution in [0, 0.1) is 0 Å². The Kier molecular flexibility index (Phi) is 5.22. The molecule has 0 aliphatic rings. The summed E-state index contributed by atoms with van der Waals surface area (Å²) in [5.74, 6) is 0.555. The smallest absolute Gasteiger partial charge is 0.0220 e. The number of nitrogens with zero attached hydrogens (tertiary/aromatic N) is 1. The van der Waals surface area contributed by atoms with Gasteiger partial charge >= 0.3 is 0 Å². The van der Waals surface area contributed by atoms with Crippen molar-refractivity contribution in [2.24, 2.45) is 0 Å². The Balaban J connectivity index is 1.76. The normalized spacial score (nSPS) is 12.5. The van der Waals surface area contributed by atoms with Gasteiger partial charge in [-0.15, -0.1) is 0 Å². The molecule has 1 aromatic carbocycles. The van der Waals surface area contributed by atoms with Crippen molar-refractivity contribution in [3.63, 3.8) is 0 Å². The third-order valence-corrected chi connectivity index (χ3v) is 3.44. The fourth-order valence-electron chi connectivity index (χ4n) is 2.32. The Hall–Kier alpha value is -1.54. The van der Waals surface area contributed by atoms with Crippen LogP contribution in [0.25, 0.3) is 0 Å². The summed E-state index contributed by atoms with van der Waals surface area (Å²) in [5, 5.41) is 3.54. The zero-order valence-corrected chi connectivity index (χ0v) is 12.0. The predicted molar refractivity (Wildman–Crippen MR) is 81.3 cm³/mol. The van der Waals surface area contributed by atoms with Crippen molar-refractivity contribution in [2.75, 3.05) is 6.54 Å². The van der Waals surface area contributed by atoms with Crippen LogP contribution < -0.4 is 5.32 Å². The highest BCUT2D eigenvalue weighted by molar-refractivity contribution is 5.19. The lowest BCUT2D eigenvalue weighted by atomic mass is 10.0. The quantitative estimate of drug-likeness (QED) is 0.797. The van der Waals surface area contributed by atoms with Crippen molar-refractivity contribution in [3.8, 4) is 0 Å². The minimum Gasteiger partial charge on any atom is -0.354 e.